The summed E-state index contributed by atoms with van der Waals surface area (Å²) < 4.78 is 0. The van der Waals surface area contributed by atoms with Gasteiger partial charge in [-0.05, 0) is 96.4 Å². The maximum Gasteiger partial charge on any atom is 0.0460 e. The molecule has 0 amide bonds. The first-order chi connectivity index (χ1) is 24.5. The van der Waals surface area contributed by atoms with Gasteiger partial charge in [0.15, 0.2) is 0 Å². The van der Waals surface area contributed by atoms with E-state index in [1.54, 1.807) is 0 Å². The second-order valence-corrected chi connectivity index (χ2v) is 15.1. The fourth-order valence-corrected chi connectivity index (χ4v) is 7.27. The van der Waals surface area contributed by atoms with Crippen molar-refractivity contribution in [1.82, 2.24) is 0 Å². The fourth-order valence-electron chi connectivity index (χ4n) is 7.27. The first kappa shape index (κ1) is 39.0. The van der Waals surface area contributed by atoms with E-state index in [0.29, 0.717) is 23.7 Å². The number of aryl methyl sites for hydroxylation is 2. The molecule has 0 bridgehead atoms. The van der Waals surface area contributed by atoms with E-state index < -0.39 is 0 Å². The molecule has 2 aliphatic heterocycles. The molecule has 0 saturated carbocycles. The van der Waals surface area contributed by atoms with Crippen LogP contribution < -0.4 is 14.7 Å². The van der Waals surface area contributed by atoms with Crippen LogP contribution in [0.15, 0.2) is 116 Å². The zero-order chi connectivity index (χ0) is 36.4. The normalized spacial score (nSPS) is 13.2. The summed E-state index contributed by atoms with van der Waals surface area (Å²) in [5.74, 6) is 1.92. The van der Waals surface area contributed by atoms with Crippen LogP contribution in [0.25, 0.3) is 5.32 Å². The van der Waals surface area contributed by atoms with Crippen molar-refractivity contribution in [3.8, 4) is 0 Å². The third kappa shape index (κ3) is 7.76. The van der Waals surface area contributed by atoms with Gasteiger partial charge in [0.05, 0.1) is 0 Å². The van der Waals surface area contributed by atoms with Crippen molar-refractivity contribution in [3.05, 3.63) is 161 Å². The molecular weight excluding hydrogens is 818 g/mol. The number of anilines is 5. The van der Waals surface area contributed by atoms with Gasteiger partial charge in [-0.1, -0.05) is 145 Å². The molecule has 0 unspecified atom stereocenters. The molecule has 52 heavy (non-hydrogen) atoms. The van der Waals surface area contributed by atoms with E-state index >= 15 is 0 Å². The minimum absolute atomic E-state index is 0. The van der Waals surface area contributed by atoms with Gasteiger partial charge in [-0.2, -0.15) is 0 Å². The quantitative estimate of drug-likeness (QED) is 0.118. The topological polar surface area (TPSA) is 23.8 Å². The minimum atomic E-state index is 0. The SMILES string of the molecule is CC(C)c1cccc(C(C)C)c1N1C=CN(c2c(C(C)C)cccc2C(C)C)[CH-]1.Cc1cccc2c1[N-]c1c(C)cccc1N2c1ccccc1.[Au]. The Morgan fingerprint density at radius 2 is 0.827 bits per heavy atom. The Hall–Kier alpha value is -4.22. The second-order valence-electron chi connectivity index (χ2n) is 15.1. The summed E-state index contributed by atoms with van der Waals surface area (Å²) in [6.07, 6.45) is 4.43. The monoisotopic (exact) mass is 871 g/mol. The summed E-state index contributed by atoms with van der Waals surface area (Å²) in [6.45, 7) is 24.8. The van der Waals surface area contributed by atoms with E-state index in [1.165, 1.54) is 44.8 Å². The van der Waals surface area contributed by atoms with Gasteiger partial charge >= 0.3 is 0 Å². The first-order valence-corrected chi connectivity index (χ1v) is 18.6. The molecule has 0 aromatic heterocycles. The molecule has 5 heteroatoms. The van der Waals surface area contributed by atoms with Gasteiger partial charge in [0, 0.05) is 50.8 Å². The Morgan fingerprint density at radius 1 is 0.462 bits per heavy atom. The van der Waals surface area contributed by atoms with Crippen molar-refractivity contribution in [2.24, 2.45) is 0 Å². The molecule has 0 fully saturated rings. The zero-order valence-electron chi connectivity index (χ0n) is 32.4. The van der Waals surface area contributed by atoms with Crippen molar-refractivity contribution < 1.29 is 22.4 Å². The second kappa shape index (κ2) is 16.6. The van der Waals surface area contributed by atoms with Crippen LogP contribution in [0.2, 0.25) is 0 Å². The Bertz CT molecular complexity index is 1830. The van der Waals surface area contributed by atoms with E-state index in [1.807, 2.05) is 6.07 Å². The predicted molar refractivity (Wildman–Crippen MR) is 221 cm³/mol. The van der Waals surface area contributed by atoms with E-state index in [2.05, 4.69) is 200 Å². The fraction of sp³-hybridized carbons (Fsp3) is 0.298. The molecule has 275 valence electrons. The molecule has 1 radical (unpaired) electrons. The maximum atomic E-state index is 4.94. The van der Waals surface area contributed by atoms with Crippen LogP contribution >= 0.6 is 0 Å². The van der Waals surface area contributed by atoms with E-state index in [4.69, 9.17) is 5.32 Å². The molecule has 4 nitrogen and oxygen atoms in total. The van der Waals surface area contributed by atoms with Crippen LogP contribution in [0.4, 0.5) is 39.8 Å². The van der Waals surface area contributed by atoms with Gasteiger partial charge in [-0.15, -0.1) is 18.0 Å². The number of hydrogen-bond acceptors (Lipinski definition) is 3. The van der Waals surface area contributed by atoms with Crippen molar-refractivity contribution in [3.63, 3.8) is 0 Å². The van der Waals surface area contributed by atoms with Gasteiger partial charge < -0.3 is 20.0 Å². The largest absolute Gasteiger partial charge is 0.654 e. The Morgan fingerprint density at radius 3 is 1.19 bits per heavy atom. The molecule has 5 aromatic rings. The summed E-state index contributed by atoms with van der Waals surface area (Å²) in [7, 11) is 0. The molecule has 5 aromatic carbocycles. The van der Waals surface area contributed by atoms with Crippen LogP contribution in [0.1, 0.15) is 112 Å². The smallest absolute Gasteiger partial charge is 0.0460 e. The maximum absolute atomic E-state index is 4.94. The van der Waals surface area contributed by atoms with Crippen LogP contribution in [-0.4, -0.2) is 0 Å². The van der Waals surface area contributed by atoms with Crippen LogP contribution in [0, 0.1) is 20.5 Å². The molecule has 7 rings (SSSR count). The molecule has 0 atom stereocenters. The number of hydrogen-bond donors (Lipinski definition) is 0. The van der Waals surface area contributed by atoms with Crippen LogP contribution in [-0.2, 0) is 22.4 Å². The molecule has 0 saturated heterocycles. The van der Waals surface area contributed by atoms with E-state index in [9.17, 15) is 0 Å². The van der Waals surface area contributed by atoms with Crippen molar-refractivity contribution in [2.45, 2.75) is 92.9 Å². The summed E-state index contributed by atoms with van der Waals surface area (Å²) >= 11 is 0. The van der Waals surface area contributed by atoms with Gasteiger partial charge in [-0.3, -0.25) is 0 Å². The Balaban J connectivity index is 0.000000204. The van der Waals surface area contributed by atoms with Gasteiger partial charge in [-0.25, -0.2) is 0 Å². The average molecular weight is 872 g/mol. The number of benzene rings is 5. The summed E-state index contributed by atoms with van der Waals surface area (Å²) in [6, 6.07) is 36.7. The molecule has 2 heterocycles. The zero-order valence-corrected chi connectivity index (χ0v) is 34.6. The number of rotatable bonds is 7. The molecular formula is C47H54AuN4-2. The molecule has 2 aliphatic rings. The van der Waals surface area contributed by atoms with E-state index in [-0.39, 0.29) is 22.4 Å². The first-order valence-electron chi connectivity index (χ1n) is 18.6. The predicted octanol–water partition coefficient (Wildman–Crippen LogP) is 14.5. The average Bonchev–Trinajstić information content (AvgIpc) is 3.61. The summed E-state index contributed by atoms with van der Waals surface area (Å²) in [4.78, 5) is 6.95. The Kier molecular flexibility index (Phi) is 12.5. The molecule has 0 aliphatic carbocycles. The Labute approximate surface area is 329 Å². The van der Waals surface area contributed by atoms with Crippen molar-refractivity contribution >= 4 is 39.8 Å². The number of fused-ring (bicyclic) bond motifs is 2. The number of para-hydroxylation sites is 5. The summed E-state index contributed by atoms with van der Waals surface area (Å²) in [5.41, 5.74) is 16.3. The van der Waals surface area contributed by atoms with Crippen LogP contribution in [0.3, 0.4) is 0 Å². The van der Waals surface area contributed by atoms with Gasteiger partial charge in [0.2, 0.25) is 0 Å². The third-order valence-corrected chi connectivity index (χ3v) is 9.99. The van der Waals surface area contributed by atoms with Gasteiger partial charge in [0.25, 0.3) is 0 Å². The van der Waals surface area contributed by atoms with Crippen molar-refractivity contribution in [1.29, 1.82) is 0 Å². The van der Waals surface area contributed by atoms with Crippen LogP contribution in [0.5, 0.6) is 0 Å². The third-order valence-electron chi connectivity index (χ3n) is 9.99. The minimum Gasteiger partial charge on any atom is -0.654 e. The molecule has 0 N–H and O–H groups in total. The van der Waals surface area contributed by atoms with Crippen molar-refractivity contribution in [2.75, 3.05) is 14.7 Å². The summed E-state index contributed by atoms with van der Waals surface area (Å²) in [5, 5.41) is 4.94. The number of nitrogens with zero attached hydrogens (tertiary/aromatic N) is 4. The standard InChI is InChI=1S/C27H37N2.C20H17N2.Au/c1-18(2)22-11-9-12-23(19(3)4)26(22)28-15-16-29(17-28)27-24(20(5)6)13-10-14-25(27)21(7)8;1-14-8-6-12-17-19(14)21-20-15(2)9-7-13-18(20)22(17)16-10-4-3-5-11-16;/h9-21H,1-8H3;3-13H,1-2H3;/q2*-1;. The van der Waals surface area contributed by atoms with E-state index in [0.717, 1.165) is 28.4 Å². The molecule has 0 spiro atoms. The van der Waals surface area contributed by atoms with Gasteiger partial charge in [0.1, 0.15) is 0 Å².